The zero-order valence-corrected chi connectivity index (χ0v) is 16.6. The monoisotopic (exact) mass is 416 g/mol. The third-order valence-electron chi connectivity index (χ3n) is 5.88. The van der Waals surface area contributed by atoms with Gasteiger partial charge in [-0.25, -0.2) is 17.6 Å². The van der Waals surface area contributed by atoms with Crippen LogP contribution in [0.1, 0.15) is 57.3 Å². The molecule has 1 saturated heterocycles. The molecule has 1 saturated carbocycles. The molecular weight excluding hydrogens is 388 g/mol. The van der Waals surface area contributed by atoms with E-state index in [-0.39, 0.29) is 5.56 Å². The fourth-order valence-corrected chi connectivity index (χ4v) is 4.33. The standard InChI is InChI=1S/C22H28F4O3/c1-2-3-14-4-6-15(7-5-14)17-12-28-22(29-13-17)16-10-18(23)21(19(24)11-16)27-9-8-20(25)26/h8-11,14-15,17,20,22H,2-7,12-13H2,1H3/b9-8+. The Bertz CT molecular complexity index is 656. The van der Waals surface area contributed by atoms with E-state index in [1.807, 2.05) is 0 Å². The highest BCUT2D eigenvalue weighted by Crippen LogP contribution is 2.39. The van der Waals surface area contributed by atoms with Crippen LogP contribution < -0.4 is 4.74 Å². The Morgan fingerprint density at radius 3 is 2.21 bits per heavy atom. The summed E-state index contributed by atoms with van der Waals surface area (Å²) in [4.78, 5) is 0. The van der Waals surface area contributed by atoms with Gasteiger partial charge in [-0.3, -0.25) is 0 Å². The molecule has 7 heteroatoms. The predicted molar refractivity (Wildman–Crippen MR) is 101 cm³/mol. The number of allylic oxidation sites excluding steroid dienone is 1. The van der Waals surface area contributed by atoms with Crippen LogP contribution in [0.4, 0.5) is 17.6 Å². The van der Waals surface area contributed by atoms with Crippen molar-refractivity contribution in [3.63, 3.8) is 0 Å². The molecule has 0 spiro atoms. The first-order valence-corrected chi connectivity index (χ1v) is 10.3. The molecule has 0 amide bonds. The smallest absolute Gasteiger partial charge is 0.260 e. The van der Waals surface area contributed by atoms with E-state index in [1.165, 1.54) is 38.5 Å². The maximum atomic E-state index is 14.2. The van der Waals surface area contributed by atoms with E-state index in [9.17, 15) is 17.6 Å². The zero-order chi connectivity index (χ0) is 20.8. The first-order valence-electron chi connectivity index (χ1n) is 10.3. The number of benzene rings is 1. The lowest BCUT2D eigenvalue weighted by Crippen LogP contribution is -2.34. The van der Waals surface area contributed by atoms with Crippen LogP contribution in [0.3, 0.4) is 0 Å². The number of ether oxygens (including phenoxy) is 3. The van der Waals surface area contributed by atoms with Gasteiger partial charge in [0.2, 0.25) is 0 Å². The van der Waals surface area contributed by atoms with Crippen LogP contribution in [0.2, 0.25) is 0 Å². The van der Waals surface area contributed by atoms with Crippen molar-refractivity contribution in [1.29, 1.82) is 0 Å². The quantitative estimate of drug-likeness (QED) is 0.381. The molecule has 1 aromatic carbocycles. The van der Waals surface area contributed by atoms with Crippen molar-refractivity contribution in [1.82, 2.24) is 0 Å². The number of halogens is 4. The molecule has 162 valence electrons. The molecule has 1 aromatic rings. The summed E-state index contributed by atoms with van der Waals surface area (Å²) in [6, 6.07) is 2.10. The van der Waals surface area contributed by atoms with Gasteiger partial charge in [0, 0.05) is 17.6 Å². The maximum Gasteiger partial charge on any atom is 0.260 e. The molecule has 0 N–H and O–H groups in total. The van der Waals surface area contributed by atoms with Crippen molar-refractivity contribution in [2.24, 2.45) is 17.8 Å². The van der Waals surface area contributed by atoms with E-state index < -0.39 is 30.1 Å². The van der Waals surface area contributed by atoms with E-state index in [2.05, 4.69) is 11.7 Å². The Labute approximate surface area is 169 Å². The van der Waals surface area contributed by atoms with E-state index in [4.69, 9.17) is 9.47 Å². The number of hydrogen-bond acceptors (Lipinski definition) is 3. The SMILES string of the molecule is CCCC1CCC(C2COC(c3cc(F)c(O/C=C/C(F)F)c(F)c3)OC2)CC1. The Balaban J connectivity index is 1.54. The minimum Gasteiger partial charge on any atom is -0.459 e. The Kier molecular flexibility index (Phi) is 7.95. The van der Waals surface area contributed by atoms with Gasteiger partial charge in [0.1, 0.15) is 0 Å². The first-order chi connectivity index (χ1) is 14.0. The molecule has 1 heterocycles. The highest BCUT2D eigenvalue weighted by molar-refractivity contribution is 5.32. The van der Waals surface area contributed by atoms with Crippen LogP contribution in [0, 0.1) is 29.4 Å². The molecule has 0 radical (unpaired) electrons. The summed E-state index contributed by atoms with van der Waals surface area (Å²) in [7, 11) is 0. The maximum absolute atomic E-state index is 14.2. The highest BCUT2D eigenvalue weighted by atomic mass is 19.3. The van der Waals surface area contributed by atoms with E-state index >= 15 is 0 Å². The second-order valence-corrected chi connectivity index (χ2v) is 7.92. The summed E-state index contributed by atoms with van der Waals surface area (Å²) in [5.74, 6) is -1.04. The zero-order valence-electron chi connectivity index (χ0n) is 16.6. The second-order valence-electron chi connectivity index (χ2n) is 7.92. The van der Waals surface area contributed by atoms with Crippen LogP contribution in [0.25, 0.3) is 0 Å². The van der Waals surface area contributed by atoms with E-state index in [1.54, 1.807) is 0 Å². The lowest BCUT2D eigenvalue weighted by molar-refractivity contribution is -0.215. The molecule has 2 fully saturated rings. The summed E-state index contributed by atoms with van der Waals surface area (Å²) >= 11 is 0. The highest BCUT2D eigenvalue weighted by Gasteiger charge is 2.32. The van der Waals surface area contributed by atoms with Crippen molar-refractivity contribution in [3.8, 4) is 5.75 Å². The lowest BCUT2D eigenvalue weighted by atomic mass is 9.75. The Morgan fingerprint density at radius 2 is 1.66 bits per heavy atom. The second kappa shape index (κ2) is 10.4. The number of rotatable bonds is 7. The Hall–Kier alpha value is -1.60. The van der Waals surface area contributed by atoms with Crippen LogP contribution in [0.5, 0.6) is 5.75 Å². The van der Waals surface area contributed by atoms with Gasteiger partial charge in [0.25, 0.3) is 6.43 Å². The lowest BCUT2D eigenvalue weighted by Gasteiger charge is -2.37. The summed E-state index contributed by atoms with van der Waals surface area (Å²) in [6.45, 7) is 3.21. The van der Waals surface area contributed by atoms with Gasteiger partial charge in [-0.2, -0.15) is 0 Å². The fraction of sp³-hybridized carbons (Fsp3) is 0.636. The molecule has 0 unspecified atom stereocenters. The normalized spacial score (nSPS) is 28.2. The first kappa shape index (κ1) is 22.1. The summed E-state index contributed by atoms with van der Waals surface area (Å²) < 4.78 is 68.6. The van der Waals surface area contributed by atoms with E-state index in [0.717, 1.165) is 18.1 Å². The van der Waals surface area contributed by atoms with Crippen LogP contribution in [0.15, 0.2) is 24.5 Å². The molecule has 1 aliphatic heterocycles. The van der Waals surface area contributed by atoms with Gasteiger partial charge in [-0.1, -0.05) is 32.6 Å². The molecule has 3 rings (SSSR count). The van der Waals surface area contributed by atoms with Crippen LogP contribution in [-0.2, 0) is 9.47 Å². The average Bonchev–Trinajstić information content (AvgIpc) is 2.71. The predicted octanol–water partition coefficient (Wildman–Crippen LogP) is 6.39. The average molecular weight is 416 g/mol. The molecule has 2 aliphatic rings. The van der Waals surface area contributed by atoms with Gasteiger partial charge in [-0.05, 0) is 36.8 Å². The molecular formula is C22H28F4O3. The van der Waals surface area contributed by atoms with Gasteiger partial charge < -0.3 is 14.2 Å². The van der Waals surface area contributed by atoms with Crippen molar-refractivity contribution >= 4 is 0 Å². The van der Waals surface area contributed by atoms with Crippen LogP contribution >= 0.6 is 0 Å². The van der Waals surface area contributed by atoms with Crippen molar-refractivity contribution < 1.29 is 31.8 Å². The van der Waals surface area contributed by atoms with Gasteiger partial charge in [-0.15, -0.1) is 0 Å². The fourth-order valence-electron chi connectivity index (χ4n) is 4.33. The molecule has 0 atom stereocenters. The van der Waals surface area contributed by atoms with Gasteiger partial charge in [0.05, 0.1) is 19.5 Å². The van der Waals surface area contributed by atoms with Crippen molar-refractivity contribution in [2.45, 2.75) is 58.2 Å². The number of alkyl halides is 2. The summed E-state index contributed by atoms with van der Waals surface area (Å²) in [6.07, 6.45) is 4.72. The largest absolute Gasteiger partial charge is 0.459 e. The Morgan fingerprint density at radius 1 is 1.03 bits per heavy atom. The molecule has 1 aliphatic carbocycles. The van der Waals surface area contributed by atoms with E-state index in [0.29, 0.717) is 37.4 Å². The molecule has 0 aromatic heterocycles. The molecule has 29 heavy (non-hydrogen) atoms. The topological polar surface area (TPSA) is 27.7 Å². The van der Waals surface area contributed by atoms with Gasteiger partial charge >= 0.3 is 0 Å². The van der Waals surface area contributed by atoms with Crippen LogP contribution in [-0.4, -0.2) is 19.6 Å². The third-order valence-corrected chi connectivity index (χ3v) is 5.88. The van der Waals surface area contributed by atoms with Gasteiger partial charge in [0.15, 0.2) is 23.7 Å². The summed E-state index contributed by atoms with van der Waals surface area (Å²) in [5.41, 5.74) is 0.204. The molecule has 3 nitrogen and oxygen atoms in total. The van der Waals surface area contributed by atoms with Crippen molar-refractivity contribution in [3.05, 3.63) is 41.7 Å². The third kappa shape index (κ3) is 5.95. The van der Waals surface area contributed by atoms with Crippen molar-refractivity contribution in [2.75, 3.05) is 13.2 Å². The minimum atomic E-state index is -2.76. The summed E-state index contributed by atoms with van der Waals surface area (Å²) in [5, 5.41) is 0. The molecule has 0 bridgehead atoms. The number of hydrogen-bond donors (Lipinski definition) is 0. The minimum absolute atomic E-state index is 0.204.